The summed E-state index contributed by atoms with van der Waals surface area (Å²) >= 11 is 0. The number of carbonyl (C=O) groups is 1. The number of nitrogens with one attached hydrogen (secondary N) is 1. The fourth-order valence-electron chi connectivity index (χ4n) is 7.26. The van der Waals surface area contributed by atoms with Crippen molar-refractivity contribution in [3.05, 3.63) is 36.4 Å². The Kier molecular flexibility index (Phi) is 4.96. The molecule has 5 aliphatic rings. The Hall–Kier alpha value is -2.43. The van der Waals surface area contributed by atoms with Crippen LogP contribution in [0, 0.1) is 29.1 Å². The van der Waals surface area contributed by atoms with Gasteiger partial charge in [-0.2, -0.15) is 0 Å². The van der Waals surface area contributed by atoms with Crippen molar-refractivity contribution in [3.63, 3.8) is 0 Å². The van der Waals surface area contributed by atoms with Gasteiger partial charge in [-0.25, -0.2) is 0 Å². The third-order valence-electron chi connectivity index (χ3n) is 8.72. The van der Waals surface area contributed by atoms with Crippen LogP contribution in [0.3, 0.4) is 0 Å². The highest BCUT2D eigenvalue weighted by molar-refractivity contribution is 5.95. The van der Waals surface area contributed by atoms with Crippen molar-refractivity contribution < 1.29 is 4.79 Å². The molecule has 0 radical (unpaired) electrons. The molecule has 1 aliphatic heterocycles. The van der Waals surface area contributed by atoms with Crippen molar-refractivity contribution in [1.29, 1.82) is 0 Å². The average Bonchev–Trinajstić information content (AvgIpc) is 2.79. The van der Waals surface area contributed by atoms with E-state index >= 15 is 0 Å². The van der Waals surface area contributed by atoms with E-state index in [0.717, 1.165) is 78.8 Å². The van der Waals surface area contributed by atoms with E-state index in [0.29, 0.717) is 0 Å². The van der Waals surface area contributed by atoms with Gasteiger partial charge in [-0.15, -0.1) is 10.2 Å². The van der Waals surface area contributed by atoms with Crippen LogP contribution in [-0.2, 0) is 4.79 Å². The molecule has 2 aromatic rings. The van der Waals surface area contributed by atoms with Crippen LogP contribution in [0.25, 0.3) is 11.3 Å². The second kappa shape index (κ2) is 7.86. The largest absolute Gasteiger partial charge is 0.355 e. The molecule has 2 heterocycles. The van der Waals surface area contributed by atoms with Crippen LogP contribution >= 0.6 is 0 Å². The lowest BCUT2D eigenvalue weighted by atomic mass is 9.49. The third kappa shape index (κ3) is 3.70. The molecule has 4 bridgehead atoms. The molecule has 1 aromatic carbocycles. The highest BCUT2D eigenvalue weighted by Gasteiger charge is 2.54. The molecule has 0 unspecified atom stereocenters. The first-order chi connectivity index (χ1) is 15.6. The Balaban J connectivity index is 1.12. The van der Waals surface area contributed by atoms with E-state index in [1.54, 1.807) is 0 Å². The monoisotopic (exact) mass is 430 g/mol. The lowest BCUT2D eigenvalue weighted by Gasteiger charge is -2.55. The number of hydrogen-bond acceptors (Lipinski definition) is 4. The van der Waals surface area contributed by atoms with Gasteiger partial charge in [-0.1, -0.05) is 19.1 Å². The van der Waals surface area contributed by atoms with E-state index in [4.69, 9.17) is 0 Å². The number of amides is 1. The zero-order valence-electron chi connectivity index (χ0n) is 19.1. The number of anilines is 2. The molecule has 1 N–H and O–H groups in total. The molecular formula is C27H34N4O. The number of rotatable bonds is 4. The van der Waals surface area contributed by atoms with Crippen molar-refractivity contribution in [2.24, 2.45) is 29.1 Å². The van der Waals surface area contributed by atoms with Gasteiger partial charge in [0.25, 0.3) is 0 Å². The second-order valence-corrected chi connectivity index (χ2v) is 11.2. The molecule has 5 heteroatoms. The summed E-state index contributed by atoms with van der Waals surface area (Å²) in [6.07, 6.45) is 9.82. The summed E-state index contributed by atoms with van der Waals surface area (Å²) < 4.78 is 0. The number of carbonyl (C=O) groups excluding carboxylic acids is 1. The van der Waals surface area contributed by atoms with Gasteiger partial charge in [-0.3, -0.25) is 4.79 Å². The van der Waals surface area contributed by atoms with Crippen LogP contribution < -0.4 is 10.2 Å². The normalized spacial score (nSPS) is 31.7. The fourth-order valence-corrected chi connectivity index (χ4v) is 7.26. The van der Waals surface area contributed by atoms with Gasteiger partial charge < -0.3 is 10.2 Å². The molecule has 0 spiro atoms. The van der Waals surface area contributed by atoms with E-state index in [1.807, 2.05) is 24.3 Å². The Morgan fingerprint density at radius 1 is 0.906 bits per heavy atom. The summed E-state index contributed by atoms with van der Waals surface area (Å²) in [5, 5.41) is 12.2. The van der Waals surface area contributed by atoms with Gasteiger partial charge >= 0.3 is 0 Å². The molecule has 7 rings (SSSR count). The maximum atomic E-state index is 13.3. The highest BCUT2D eigenvalue weighted by Crippen LogP contribution is 2.60. The zero-order valence-corrected chi connectivity index (χ0v) is 19.1. The van der Waals surface area contributed by atoms with Gasteiger partial charge in [-0.05, 0) is 99.3 Å². The summed E-state index contributed by atoms with van der Waals surface area (Å²) in [5.74, 6) is 4.38. The second-order valence-electron chi connectivity index (χ2n) is 11.2. The van der Waals surface area contributed by atoms with Crippen LogP contribution in [0.1, 0.15) is 58.3 Å². The van der Waals surface area contributed by atoms with Gasteiger partial charge in [0.2, 0.25) is 5.91 Å². The molecule has 5 nitrogen and oxygen atoms in total. The van der Waals surface area contributed by atoms with Crippen LogP contribution in [-0.4, -0.2) is 29.2 Å². The van der Waals surface area contributed by atoms with Crippen molar-refractivity contribution in [1.82, 2.24) is 10.2 Å². The number of nitrogens with zero attached hydrogens (tertiary/aromatic N) is 3. The van der Waals surface area contributed by atoms with Crippen molar-refractivity contribution in [2.75, 3.05) is 23.3 Å². The summed E-state index contributed by atoms with van der Waals surface area (Å²) in [6.45, 7) is 4.45. The lowest BCUT2D eigenvalue weighted by molar-refractivity contribution is -0.140. The maximum absolute atomic E-state index is 13.3. The minimum atomic E-state index is -0.110. The first kappa shape index (κ1) is 20.2. The van der Waals surface area contributed by atoms with E-state index in [9.17, 15) is 4.79 Å². The number of hydrogen-bond donors (Lipinski definition) is 1. The van der Waals surface area contributed by atoms with E-state index in [2.05, 4.69) is 39.5 Å². The Labute approximate surface area is 191 Å². The van der Waals surface area contributed by atoms with Gasteiger partial charge in [0.05, 0.1) is 11.1 Å². The number of aromatic nitrogens is 2. The Bertz CT molecular complexity index is 940. The van der Waals surface area contributed by atoms with Gasteiger partial charge in [0.15, 0.2) is 5.82 Å². The molecule has 32 heavy (non-hydrogen) atoms. The highest BCUT2D eigenvalue weighted by atomic mass is 16.2. The predicted octanol–water partition coefficient (Wildman–Crippen LogP) is 5.53. The Morgan fingerprint density at radius 3 is 2.09 bits per heavy atom. The molecule has 1 saturated heterocycles. The fraction of sp³-hybridized carbons (Fsp3) is 0.593. The summed E-state index contributed by atoms with van der Waals surface area (Å²) in [5.41, 5.74) is 2.68. The average molecular weight is 431 g/mol. The maximum Gasteiger partial charge on any atom is 0.230 e. The molecule has 1 amide bonds. The van der Waals surface area contributed by atoms with E-state index in [-0.39, 0.29) is 11.3 Å². The number of benzene rings is 1. The van der Waals surface area contributed by atoms with Crippen molar-refractivity contribution in [2.45, 2.75) is 58.3 Å². The molecule has 5 fully saturated rings. The predicted molar refractivity (Wildman–Crippen MR) is 127 cm³/mol. The van der Waals surface area contributed by atoms with Crippen molar-refractivity contribution >= 4 is 17.4 Å². The topological polar surface area (TPSA) is 58.1 Å². The standard InChI is InChI=1S/C27H34N4O/c1-18-8-10-31(11-9-18)25-7-6-24(29-30-25)22-2-4-23(5-3-22)28-26(32)27-15-19-12-20(16-27)14-21(13-19)17-27/h2-7,18-21H,8-17H2,1H3,(H,28,32). The van der Waals surface area contributed by atoms with Crippen LogP contribution in [0.2, 0.25) is 0 Å². The zero-order chi connectivity index (χ0) is 21.7. The molecule has 0 atom stereocenters. The first-order valence-corrected chi connectivity index (χ1v) is 12.6. The van der Waals surface area contributed by atoms with Crippen LogP contribution in [0.5, 0.6) is 0 Å². The minimum absolute atomic E-state index is 0.110. The molecular weight excluding hydrogens is 396 g/mol. The third-order valence-corrected chi connectivity index (χ3v) is 8.72. The summed E-state index contributed by atoms with van der Waals surface area (Å²) in [4.78, 5) is 15.6. The summed E-state index contributed by atoms with van der Waals surface area (Å²) in [6, 6.07) is 12.2. The van der Waals surface area contributed by atoms with Crippen molar-refractivity contribution in [3.8, 4) is 11.3 Å². The molecule has 1 aromatic heterocycles. The van der Waals surface area contributed by atoms with Crippen LogP contribution in [0.4, 0.5) is 11.5 Å². The SMILES string of the molecule is CC1CCN(c2ccc(-c3ccc(NC(=O)C45CC6CC(CC(C6)C4)C5)cc3)nn2)CC1. The molecule has 4 saturated carbocycles. The lowest BCUT2D eigenvalue weighted by Crippen LogP contribution is -2.51. The van der Waals surface area contributed by atoms with E-state index in [1.165, 1.54) is 32.1 Å². The first-order valence-electron chi connectivity index (χ1n) is 12.6. The smallest absolute Gasteiger partial charge is 0.230 e. The van der Waals surface area contributed by atoms with E-state index < -0.39 is 0 Å². The van der Waals surface area contributed by atoms with Gasteiger partial charge in [0, 0.05) is 24.3 Å². The molecule has 168 valence electrons. The quantitative estimate of drug-likeness (QED) is 0.692. The van der Waals surface area contributed by atoms with Gasteiger partial charge in [0.1, 0.15) is 0 Å². The number of piperidine rings is 1. The van der Waals surface area contributed by atoms with Crippen LogP contribution in [0.15, 0.2) is 36.4 Å². The molecule has 4 aliphatic carbocycles. The minimum Gasteiger partial charge on any atom is -0.355 e. The summed E-state index contributed by atoms with van der Waals surface area (Å²) in [7, 11) is 0. The Morgan fingerprint density at radius 2 is 1.53 bits per heavy atom.